The molecule has 1 unspecified atom stereocenters. The normalized spacial score (nSPS) is 17.1. The molecule has 25 heavy (non-hydrogen) atoms. The summed E-state index contributed by atoms with van der Waals surface area (Å²) in [6, 6.07) is 4.21. The molecule has 5 heteroatoms. The average Bonchev–Trinajstić information content (AvgIpc) is 2.63. The molecule has 0 spiro atoms. The van der Waals surface area contributed by atoms with E-state index in [4.69, 9.17) is 4.98 Å². The lowest BCUT2D eigenvalue weighted by Crippen LogP contribution is -2.38. The molecule has 0 aliphatic carbocycles. The lowest BCUT2D eigenvalue weighted by atomic mass is 10.0. The van der Waals surface area contributed by atoms with Crippen molar-refractivity contribution in [2.24, 2.45) is 0 Å². The zero-order chi connectivity index (χ0) is 18.0. The number of hydrogen-bond donors (Lipinski definition) is 0. The number of piperidine rings is 1. The number of aromatic nitrogens is 2. The fourth-order valence-electron chi connectivity index (χ4n) is 4.00. The number of nitrogens with zero attached hydrogens (tertiary/aromatic N) is 3. The molecule has 0 saturated carbocycles. The van der Waals surface area contributed by atoms with Crippen LogP contribution in [0, 0.1) is 6.92 Å². The van der Waals surface area contributed by atoms with Gasteiger partial charge in [0.05, 0.1) is 16.9 Å². The number of halogens is 1. The van der Waals surface area contributed by atoms with E-state index in [1.807, 2.05) is 30.5 Å². The second-order valence-electron chi connectivity index (χ2n) is 6.99. The minimum absolute atomic E-state index is 0.0967. The van der Waals surface area contributed by atoms with E-state index in [0.717, 1.165) is 52.7 Å². The van der Waals surface area contributed by atoms with E-state index in [9.17, 15) is 4.79 Å². The highest BCUT2D eigenvalue weighted by Gasteiger charge is 2.26. The van der Waals surface area contributed by atoms with Crippen LogP contribution in [0.5, 0.6) is 0 Å². The SMILES string of the molecule is CCCC(c1nc2ccc(Br)c(C)c2c(=O)n1CC)N1CCCCC1. The van der Waals surface area contributed by atoms with Crippen molar-refractivity contribution in [1.29, 1.82) is 0 Å². The van der Waals surface area contributed by atoms with Crippen LogP contribution in [0.4, 0.5) is 0 Å². The predicted octanol–water partition coefficient (Wildman–Crippen LogP) is 4.81. The Balaban J connectivity index is 2.19. The van der Waals surface area contributed by atoms with Gasteiger partial charge in [0.25, 0.3) is 5.56 Å². The molecule has 1 atom stereocenters. The summed E-state index contributed by atoms with van der Waals surface area (Å²) >= 11 is 3.55. The summed E-state index contributed by atoms with van der Waals surface area (Å²) in [5, 5.41) is 0.744. The summed E-state index contributed by atoms with van der Waals surface area (Å²) in [4.78, 5) is 20.8. The Bertz CT molecular complexity index is 809. The molecule has 1 aliphatic rings. The Morgan fingerprint density at radius 3 is 2.56 bits per heavy atom. The Labute approximate surface area is 158 Å². The molecule has 0 amide bonds. The molecule has 1 saturated heterocycles. The molecule has 0 bridgehead atoms. The molecule has 1 aromatic heterocycles. The minimum Gasteiger partial charge on any atom is -0.295 e. The molecule has 3 rings (SSSR count). The van der Waals surface area contributed by atoms with Gasteiger partial charge in [-0.25, -0.2) is 4.98 Å². The van der Waals surface area contributed by atoms with Crippen LogP contribution in [0.2, 0.25) is 0 Å². The summed E-state index contributed by atoms with van der Waals surface area (Å²) in [5.41, 5.74) is 1.90. The lowest BCUT2D eigenvalue weighted by molar-refractivity contribution is 0.144. The van der Waals surface area contributed by atoms with Crippen LogP contribution in [-0.2, 0) is 6.54 Å². The number of likely N-dealkylation sites (tertiary alicyclic amines) is 1. The summed E-state index contributed by atoms with van der Waals surface area (Å²) in [6.45, 7) is 9.14. The molecule has 2 aromatic rings. The Hall–Kier alpha value is -1.20. The second-order valence-corrected chi connectivity index (χ2v) is 7.84. The first-order valence-electron chi connectivity index (χ1n) is 9.52. The average molecular weight is 406 g/mol. The number of benzene rings is 1. The second kappa shape index (κ2) is 8.00. The van der Waals surface area contributed by atoms with Crippen LogP contribution < -0.4 is 5.56 Å². The van der Waals surface area contributed by atoms with Gasteiger partial charge in [0, 0.05) is 11.0 Å². The van der Waals surface area contributed by atoms with Crippen molar-refractivity contribution < 1.29 is 0 Å². The molecule has 1 fully saturated rings. The fraction of sp³-hybridized carbons (Fsp3) is 0.600. The third-order valence-electron chi connectivity index (χ3n) is 5.36. The van der Waals surface area contributed by atoms with Crippen LogP contribution in [0.15, 0.2) is 21.4 Å². The lowest BCUT2D eigenvalue weighted by Gasteiger charge is -2.35. The van der Waals surface area contributed by atoms with Crippen LogP contribution in [0.3, 0.4) is 0 Å². The van der Waals surface area contributed by atoms with Crippen molar-refractivity contribution in [3.63, 3.8) is 0 Å². The molecule has 2 heterocycles. The molecule has 0 radical (unpaired) electrons. The fourth-order valence-corrected chi connectivity index (χ4v) is 4.33. The summed E-state index contributed by atoms with van der Waals surface area (Å²) in [5.74, 6) is 0.950. The largest absolute Gasteiger partial charge is 0.295 e. The highest BCUT2D eigenvalue weighted by atomic mass is 79.9. The van der Waals surface area contributed by atoms with E-state index in [0.29, 0.717) is 6.54 Å². The minimum atomic E-state index is 0.0967. The van der Waals surface area contributed by atoms with Gasteiger partial charge in [-0.05, 0) is 63.9 Å². The van der Waals surface area contributed by atoms with Gasteiger partial charge in [-0.15, -0.1) is 0 Å². The molecular formula is C20H28BrN3O. The van der Waals surface area contributed by atoms with E-state index < -0.39 is 0 Å². The highest BCUT2D eigenvalue weighted by molar-refractivity contribution is 9.10. The third-order valence-corrected chi connectivity index (χ3v) is 6.21. The summed E-state index contributed by atoms with van der Waals surface area (Å²) in [7, 11) is 0. The Morgan fingerprint density at radius 2 is 1.92 bits per heavy atom. The van der Waals surface area contributed by atoms with E-state index in [1.165, 1.54) is 19.3 Å². The predicted molar refractivity (Wildman–Crippen MR) is 107 cm³/mol. The van der Waals surface area contributed by atoms with Crippen molar-refractivity contribution in [3.8, 4) is 0 Å². The Kier molecular flexibility index (Phi) is 5.95. The topological polar surface area (TPSA) is 38.1 Å². The molecule has 136 valence electrons. The van der Waals surface area contributed by atoms with Crippen LogP contribution in [0.25, 0.3) is 10.9 Å². The monoisotopic (exact) mass is 405 g/mol. The van der Waals surface area contributed by atoms with E-state index >= 15 is 0 Å². The smallest absolute Gasteiger partial charge is 0.261 e. The first-order valence-corrected chi connectivity index (χ1v) is 10.3. The molecule has 0 N–H and O–H groups in total. The zero-order valence-electron chi connectivity index (χ0n) is 15.5. The van der Waals surface area contributed by atoms with Crippen molar-refractivity contribution in [3.05, 3.63) is 38.3 Å². The van der Waals surface area contributed by atoms with Gasteiger partial charge in [-0.3, -0.25) is 14.3 Å². The molecule has 1 aliphatic heterocycles. The van der Waals surface area contributed by atoms with Gasteiger partial charge in [0.2, 0.25) is 0 Å². The van der Waals surface area contributed by atoms with Crippen molar-refractivity contribution >= 4 is 26.8 Å². The van der Waals surface area contributed by atoms with E-state index in [-0.39, 0.29) is 11.6 Å². The molecular weight excluding hydrogens is 378 g/mol. The van der Waals surface area contributed by atoms with Crippen LogP contribution in [-0.4, -0.2) is 27.5 Å². The van der Waals surface area contributed by atoms with E-state index in [1.54, 1.807) is 0 Å². The highest BCUT2D eigenvalue weighted by Crippen LogP contribution is 2.29. The number of fused-ring (bicyclic) bond motifs is 1. The van der Waals surface area contributed by atoms with Gasteiger partial charge in [-0.2, -0.15) is 0 Å². The van der Waals surface area contributed by atoms with Crippen LogP contribution in [0.1, 0.15) is 63.4 Å². The quantitative estimate of drug-likeness (QED) is 0.715. The number of hydrogen-bond acceptors (Lipinski definition) is 3. The number of aryl methyl sites for hydroxylation is 1. The Morgan fingerprint density at radius 1 is 1.20 bits per heavy atom. The van der Waals surface area contributed by atoms with Gasteiger partial charge >= 0.3 is 0 Å². The first-order chi connectivity index (χ1) is 12.1. The van der Waals surface area contributed by atoms with Crippen molar-refractivity contribution in [2.45, 2.75) is 65.5 Å². The summed E-state index contributed by atoms with van der Waals surface area (Å²) < 4.78 is 2.87. The molecule has 4 nitrogen and oxygen atoms in total. The third kappa shape index (κ3) is 3.54. The van der Waals surface area contributed by atoms with Gasteiger partial charge in [0.15, 0.2) is 0 Å². The van der Waals surface area contributed by atoms with Gasteiger partial charge < -0.3 is 0 Å². The van der Waals surface area contributed by atoms with Crippen LogP contribution >= 0.6 is 15.9 Å². The van der Waals surface area contributed by atoms with E-state index in [2.05, 4.69) is 27.8 Å². The van der Waals surface area contributed by atoms with Gasteiger partial charge in [0.1, 0.15) is 5.82 Å². The summed E-state index contributed by atoms with van der Waals surface area (Å²) in [6.07, 6.45) is 5.95. The molecule has 1 aromatic carbocycles. The maximum Gasteiger partial charge on any atom is 0.261 e. The maximum atomic E-state index is 13.2. The number of rotatable bonds is 5. The van der Waals surface area contributed by atoms with Gasteiger partial charge in [-0.1, -0.05) is 35.7 Å². The van der Waals surface area contributed by atoms with Crippen molar-refractivity contribution in [2.75, 3.05) is 13.1 Å². The van der Waals surface area contributed by atoms with Crippen molar-refractivity contribution in [1.82, 2.24) is 14.5 Å². The standard InChI is InChI=1S/C20H28BrN3O/c1-4-9-17(23-12-7-6-8-13-23)19-22-16-11-10-15(21)14(3)18(16)20(25)24(19)5-2/h10-11,17H,4-9,12-13H2,1-3H3. The maximum absolute atomic E-state index is 13.2. The zero-order valence-corrected chi connectivity index (χ0v) is 17.1. The first kappa shape index (κ1) is 18.6.